The standard InChI is InChI=1S/C29H35N7O4/c1-19-25(31-16-24(28(37)38)35-29(39)40-17-20-6-3-2-4-7-20)32-18-33-27(19)36-14-11-21(12-15-36)23-10-9-22-8-5-13-30-26(22)34-23/h2-4,6-7,9-10,18,21,24H,5,8,11-17H2,1H3,(H,30,34)(H,35,39)(H,37,38)(H,31,32,33)/t24-/m0/s1. The third kappa shape index (κ3) is 6.59. The maximum Gasteiger partial charge on any atom is 0.408 e. The Balaban J connectivity index is 1.15. The van der Waals surface area contributed by atoms with Crippen LogP contribution in [0.25, 0.3) is 0 Å². The fourth-order valence-corrected chi connectivity index (χ4v) is 5.20. The first-order valence-corrected chi connectivity index (χ1v) is 13.7. The van der Waals surface area contributed by atoms with E-state index < -0.39 is 18.1 Å². The highest BCUT2D eigenvalue weighted by molar-refractivity contribution is 5.80. The summed E-state index contributed by atoms with van der Waals surface area (Å²) in [5.41, 5.74) is 4.08. The van der Waals surface area contributed by atoms with Gasteiger partial charge in [-0.3, -0.25) is 0 Å². The molecule has 1 atom stereocenters. The molecule has 1 amide bonds. The van der Waals surface area contributed by atoms with Crippen LogP contribution in [-0.4, -0.2) is 64.3 Å². The quantitative estimate of drug-likeness (QED) is 0.314. The van der Waals surface area contributed by atoms with Crippen molar-refractivity contribution < 1.29 is 19.4 Å². The SMILES string of the molecule is Cc1c(NC[C@H](NC(=O)OCc2ccccc2)C(=O)O)ncnc1N1CCC(c2ccc3c(n2)NCCC3)CC1. The molecular weight excluding hydrogens is 510 g/mol. The predicted octanol–water partition coefficient (Wildman–Crippen LogP) is 3.71. The Kier molecular flexibility index (Phi) is 8.58. The zero-order valence-electron chi connectivity index (χ0n) is 22.6. The smallest absolute Gasteiger partial charge is 0.408 e. The lowest BCUT2D eigenvalue weighted by Crippen LogP contribution is -2.45. The largest absolute Gasteiger partial charge is 0.480 e. The number of nitrogens with zero attached hydrogens (tertiary/aromatic N) is 4. The van der Waals surface area contributed by atoms with E-state index in [9.17, 15) is 14.7 Å². The van der Waals surface area contributed by atoms with Crippen LogP contribution in [0.2, 0.25) is 0 Å². The van der Waals surface area contributed by atoms with Gasteiger partial charge in [0.1, 0.15) is 36.4 Å². The van der Waals surface area contributed by atoms with Gasteiger partial charge in [-0.1, -0.05) is 36.4 Å². The van der Waals surface area contributed by atoms with Gasteiger partial charge in [0.05, 0.1) is 0 Å². The number of aryl methyl sites for hydroxylation is 1. The van der Waals surface area contributed by atoms with Gasteiger partial charge in [-0.05, 0) is 49.8 Å². The lowest BCUT2D eigenvalue weighted by atomic mass is 9.92. The number of carboxylic acid groups (broad SMARTS) is 1. The number of ether oxygens (including phenoxy) is 1. The fourth-order valence-electron chi connectivity index (χ4n) is 5.20. The van der Waals surface area contributed by atoms with Crippen LogP contribution in [-0.2, 0) is 22.6 Å². The van der Waals surface area contributed by atoms with E-state index in [2.05, 4.69) is 43.0 Å². The number of rotatable bonds is 9. The summed E-state index contributed by atoms with van der Waals surface area (Å²) in [6.07, 6.45) is 4.84. The molecule has 0 radical (unpaired) electrons. The minimum Gasteiger partial charge on any atom is -0.480 e. The average molecular weight is 546 g/mol. The molecule has 3 aromatic rings. The van der Waals surface area contributed by atoms with Crippen LogP contribution < -0.4 is 20.9 Å². The molecule has 0 spiro atoms. The summed E-state index contributed by atoms with van der Waals surface area (Å²) in [5.74, 6) is 1.60. The Morgan fingerprint density at radius 2 is 1.95 bits per heavy atom. The number of carbonyl (C=O) groups excluding carboxylic acids is 1. The number of nitrogens with one attached hydrogen (secondary N) is 3. The van der Waals surface area contributed by atoms with E-state index in [1.165, 1.54) is 11.9 Å². The average Bonchev–Trinajstić information content (AvgIpc) is 2.99. The first-order valence-electron chi connectivity index (χ1n) is 13.7. The molecule has 0 saturated carbocycles. The molecule has 4 N–H and O–H groups in total. The lowest BCUT2D eigenvalue weighted by molar-refractivity contribution is -0.139. The Labute approximate surface area is 233 Å². The highest BCUT2D eigenvalue weighted by atomic mass is 16.5. The molecule has 2 aliphatic rings. The van der Waals surface area contributed by atoms with Crippen molar-refractivity contribution in [3.05, 3.63) is 71.2 Å². The molecule has 2 aromatic heterocycles. The molecule has 2 aliphatic heterocycles. The molecular formula is C29H35N7O4. The predicted molar refractivity (Wildman–Crippen MR) is 152 cm³/mol. The van der Waals surface area contributed by atoms with Crippen LogP contribution in [0, 0.1) is 6.92 Å². The Morgan fingerprint density at radius 1 is 1.15 bits per heavy atom. The molecule has 11 nitrogen and oxygen atoms in total. The molecule has 0 bridgehead atoms. The number of carbonyl (C=O) groups is 2. The number of piperidine rings is 1. The van der Waals surface area contributed by atoms with Crippen LogP contribution in [0.15, 0.2) is 48.8 Å². The molecule has 1 saturated heterocycles. The number of hydrogen-bond acceptors (Lipinski definition) is 9. The number of alkyl carbamates (subject to hydrolysis) is 1. The zero-order valence-corrected chi connectivity index (χ0v) is 22.6. The van der Waals surface area contributed by atoms with Gasteiger partial charge in [0.2, 0.25) is 0 Å². The van der Waals surface area contributed by atoms with E-state index >= 15 is 0 Å². The van der Waals surface area contributed by atoms with Crippen molar-refractivity contribution in [3.8, 4) is 0 Å². The van der Waals surface area contributed by atoms with E-state index in [-0.39, 0.29) is 13.2 Å². The van der Waals surface area contributed by atoms with Crippen molar-refractivity contribution in [2.24, 2.45) is 0 Å². The summed E-state index contributed by atoms with van der Waals surface area (Å²) >= 11 is 0. The van der Waals surface area contributed by atoms with Gasteiger partial charge in [0.15, 0.2) is 0 Å². The maximum atomic E-state index is 12.2. The summed E-state index contributed by atoms with van der Waals surface area (Å²) in [5, 5.41) is 18.5. The van der Waals surface area contributed by atoms with Crippen molar-refractivity contribution >= 4 is 29.5 Å². The van der Waals surface area contributed by atoms with E-state index in [4.69, 9.17) is 9.72 Å². The Morgan fingerprint density at radius 3 is 2.73 bits per heavy atom. The van der Waals surface area contributed by atoms with Crippen LogP contribution in [0.3, 0.4) is 0 Å². The van der Waals surface area contributed by atoms with Crippen molar-refractivity contribution in [3.63, 3.8) is 0 Å². The molecule has 210 valence electrons. The van der Waals surface area contributed by atoms with Crippen molar-refractivity contribution in [2.75, 3.05) is 41.7 Å². The lowest BCUT2D eigenvalue weighted by Gasteiger charge is -2.34. The van der Waals surface area contributed by atoms with Crippen LogP contribution >= 0.6 is 0 Å². The van der Waals surface area contributed by atoms with Gasteiger partial charge < -0.3 is 30.7 Å². The zero-order chi connectivity index (χ0) is 27.9. The number of pyridine rings is 1. The normalized spacial score (nSPS) is 15.9. The Hall–Kier alpha value is -4.41. The highest BCUT2D eigenvalue weighted by Crippen LogP contribution is 2.33. The summed E-state index contributed by atoms with van der Waals surface area (Å²) in [6.45, 7) is 4.55. The van der Waals surface area contributed by atoms with Gasteiger partial charge in [-0.25, -0.2) is 24.5 Å². The minimum atomic E-state index is -1.20. The number of benzene rings is 1. The molecule has 40 heavy (non-hydrogen) atoms. The van der Waals surface area contributed by atoms with Gasteiger partial charge in [0.25, 0.3) is 0 Å². The first-order chi connectivity index (χ1) is 19.5. The van der Waals surface area contributed by atoms with Crippen molar-refractivity contribution in [1.29, 1.82) is 0 Å². The third-order valence-electron chi connectivity index (χ3n) is 7.46. The Bertz CT molecular complexity index is 1330. The molecule has 0 aliphatic carbocycles. The number of aromatic nitrogens is 3. The number of fused-ring (bicyclic) bond motifs is 1. The molecule has 0 unspecified atom stereocenters. The van der Waals surface area contributed by atoms with Crippen molar-refractivity contribution in [2.45, 2.75) is 51.2 Å². The molecule has 4 heterocycles. The number of carboxylic acids is 1. The number of hydrogen-bond donors (Lipinski definition) is 4. The fraction of sp³-hybridized carbons (Fsp3) is 0.414. The van der Waals surface area contributed by atoms with Gasteiger partial charge >= 0.3 is 12.1 Å². The molecule has 1 aromatic carbocycles. The number of amides is 1. The second-order valence-corrected chi connectivity index (χ2v) is 10.2. The molecule has 5 rings (SSSR count). The number of anilines is 3. The van der Waals surface area contributed by atoms with Crippen molar-refractivity contribution in [1.82, 2.24) is 20.3 Å². The van der Waals surface area contributed by atoms with Gasteiger partial charge in [0, 0.05) is 43.4 Å². The van der Waals surface area contributed by atoms with Crippen LogP contribution in [0.4, 0.5) is 22.2 Å². The van der Waals surface area contributed by atoms with Crippen LogP contribution in [0.5, 0.6) is 0 Å². The van der Waals surface area contributed by atoms with E-state index in [0.29, 0.717) is 11.7 Å². The van der Waals surface area contributed by atoms with Crippen LogP contribution in [0.1, 0.15) is 47.6 Å². The summed E-state index contributed by atoms with van der Waals surface area (Å²) < 4.78 is 5.17. The third-order valence-corrected chi connectivity index (χ3v) is 7.46. The van der Waals surface area contributed by atoms with E-state index in [1.807, 2.05) is 37.3 Å². The van der Waals surface area contributed by atoms with E-state index in [0.717, 1.165) is 73.8 Å². The summed E-state index contributed by atoms with van der Waals surface area (Å²) in [4.78, 5) is 40.0. The second-order valence-electron chi connectivity index (χ2n) is 10.2. The summed E-state index contributed by atoms with van der Waals surface area (Å²) in [7, 11) is 0. The summed E-state index contributed by atoms with van der Waals surface area (Å²) in [6, 6.07) is 12.4. The maximum absolute atomic E-state index is 12.2. The van der Waals surface area contributed by atoms with E-state index in [1.54, 1.807) is 0 Å². The van der Waals surface area contributed by atoms with Gasteiger partial charge in [-0.15, -0.1) is 0 Å². The minimum absolute atomic E-state index is 0.0525. The first kappa shape index (κ1) is 27.2. The second kappa shape index (κ2) is 12.6. The molecule has 11 heteroatoms. The highest BCUT2D eigenvalue weighted by Gasteiger charge is 2.26. The number of aliphatic carboxylic acids is 1. The monoisotopic (exact) mass is 545 g/mol. The van der Waals surface area contributed by atoms with Gasteiger partial charge in [-0.2, -0.15) is 0 Å². The molecule has 1 fully saturated rings. The topological polar surface area (TPSA) is 142 Å².